The molecule has 1 aromatic heterocycles. The van der Waals surface area contributed by atoms with Crippen LogP contribution in [0.5, 0.6) is 0 Å². The second-order valence-electron chi connectivity index (χ2n) is 12.2. The summed E-state index contributed by atoms with van der Waals surface area (Å²) < 4.78 is 2.20. The van der Waals surface area contributed by atoms with Gasteiger partial charge in [0.1, 0.15) is 0 Å². The molecule has 8 aromatic rings. The van der Waals surface area contributed by atoms with E-state index in [4.69, 9.17) is 0 Å². The van der Waals surface area contributed by atoms with E-state index >= 15 is 0 Å². The molecule has 7 aromatic carbocycles. The molecule has 0 saturated carbocycles. The fourth-order valence-corrected chi connectivity index (χ4v) is 12.5. The summed E-state index contributed by atoms with van der Waals surface area (Å²) >= 11 is 0. The van der Waals surface area contributed by atoms with Crippen LogP contribution in [0.3, 0.4) is 0 Å². The number of hydrogen-bond donors (Lipinski definition) is 0. The molecule has 4 nitrogen and oxygen atoms in total. The fraction of sp³-hybridized carbons (Fsp3) is 0. The third kappa shape index (κ3) is 4.72. The Hall–Kier alpha value is -6.97. The number of nitrogens with zero attached hydrogens (tertiary/aromatic N) is 4. The van der Waals surface area contributed by atoms with Gasteiger partial charge in [0.05, 0.1) is 45.9 Å². The maximum atomic E-state index is 11.1. The van der Waals surface area contributed by atoms with Gasteiger partial charge in [0.15, 0.2) is 8.07 Å². The maximum absolute atomic E-state index is 11.1. The van der Waals surface area contributed by atoms with Gasteiger partial charge in [-0.25, -0.2) is 0 Å². The van der Waals surface area contributed by atoms with Gasteiger partial charge in [0.25, 0.3) is 0 Å². The zero-order chi connectivity index (χ0) is 34.1. The molecule has 1 heterocycles. The Kier molecular flexibility index (Phi) is 7.63. The van der Waals surface area contributed by atoms with Gasteiger partial charge in [0, 0.05) is 22.0 Å². The molecule has 0 N–H and O–H groups in total. The number of fused-ring (bicyclic) bond motifs is 3. The van der Waals surface area contributed by atoms with Crippen LogP contribution >= 0.6 is 0 Å². The van der Waals surface area contributed by atoms with E-state index < -0.39 is 8.07 Å². The number of para-hydroxylation sites is 1. The van der Waals surface area contributed by atoms with E-state index in [1.165, 1.54) is 0 Å². The van der Waals surface area contributed by atoms with E-state index in [0.717, 1.165) is 53.8 Å². The SMILES string of the molecule is N#Cc1ccc2c(c1)c1ccccc1n2-c1ccc(-c2c(C#N)ccc([Si](c3ccccc3)(c3ccccc3)c3ccccc3)c2C#N)cc1. The van der Waals surface area contributed by atoms with E-state index in [2.05, 4.69) is 108 Å². The zero-order valence-corrected chi connectivity index (χ0v) is 28.0. The number of aromatic nitrogens is 1. The molecule has 0 radical (unpaired) electrons. The molecule has 5 heteroatoms. The summed E-state index contributed by atoms with van der Waals surface area (Å²) in [7, 11) is -3.05. The summed E-state index contributed by atoms with van der Waals surface area (Å²) in [5.74, 6) is 0. The van der Waals surface area contributed by atoms with Crippen molar-refractivity contribution >= 4 is 50.6 Å². The van der Waals surface area contributed by atoms with Gasteiger partial charge in [0.2, 0.25) is 0 Å². The van der Waals surface area contributed by atoms with Crippen LogP contribution in [0.4, 0.5) is 0 Å². The molecule has 0 atom stereocenters. The zero-order valence-electron chi connectivity index (χ0n) is 27.0. The smallest absolute Gasteiger partial charge is 0.180 e. The number of benzene rings is 7. The molecule has 0 bridgehead atoms. The third-order valence-electron chi connectivity index (χ3n) is 9.68. The number of nitriles is 3. The lowest BCUT2D eigenvalue weighted by molar-refractivity contribution is 1.18. The monoisotopic (exact) mass is 652 g/mol. The van der Waals surface area contributed by atoms with Crippen molar-refractivity contribution in [3.63, 3.8) is 0 Å². The first-order valence-corrected chi connectivity index (χ1v) is 18.4. The minimum atomic E-state index is -3.05. The molecule has 0 aliphatic heterocycles. The Bertz CT molecular complexity index is 2560. The highest BCUT2D eigenvalue weighted by atomic mass is 28.3. The first kappa shape index (κ1) is 30.4. The molecule has 0 unspecified atom stereocenters. The normalized spacial score (nSPS) is 11.1. The molecule has 0 spiro atoms. The van der Waals surface area contributed by atoms with Crippen LogP contribution in [-0.4, -0.2) is 12.6 Å². The highest BCUT2D eigenvalue weighted by Crippen LogP contribution is 2.34. The van der Waals surface area contributed by atoms with E-state index in [1.807, 2.05) is 84.9 Å². The molecule has 0 aliphatic rings. The Morgan fingerprint density at radius 1 is 0.460 bits per heavy atom. The molecule has 0 fully saturated rings. The van der Waals surface area contributed by atoms with E-state index in [-0.39, 0.29) is 0 Å². The first-order valence-electron chi connectivity index (χ1n) is 16.4. The van der Waals surface area contributed by atoms with Crippen LogP contribution in [-0.2, 0) is 0 Å². The molecular weight excluding hydrogens is 625 g/mol. The fourth-order valence-electron chi connectivity index (χ4n) is 7.55. The maximum Gasteiger partial charge on any atom is 0.180 e. The van der Waals surface area contributed by atoms with Crippen molar-refractivity contribution < 1.29 is 0 Å². The molecule has 232 valence electrons. The number of rotatable bonds is 6. The van der Waals surface area contributed by atoms with Crippen molar-refractivity contribution in [3.05, 3.63) is 187 Å². The van der Waals surface area contributed by atoms with Crippen LogP contribution in [0, 0.1) is 34.0 Å². The lowest BCUT2D eigenvalue weighted by Gasteiger charge is -2.35. The quantitative estimate of drug-likeness (QED) is 0.138. The van der Waals surface area contributed by atoms with Crippen molar-refractivity contribution in [2.75, 3.05) is 0 Å². The predicted octanol–water partition coefficient (Wildman–Crippen LogP) is 7.44. The van der Waals surface area contributed by atoms with Crippen molar-refractivity contribution in [1.82, 2.24) is 4.57 Å². The van der Waals surface area contributed by atoms with Gasteiger partial charge in [-0.1, -0.05) is 127 Å². The summed E-state index contributed by atoms with van der Waals surface area (Å²) in [4.78, 5) is 0. The van der Waals surface area contributed by atoms with Crippen LogP contribution in [0.25, 0.3) is 38.6 Å². The molecule has 50 heavy (non-hydrogen) atoms. The summed E-state index contributed by atoms with van der Waals surface area (Å²) in [5, 5.41) is 37.6. The van der Waals surface area contributed by atoms with E-state index in [9.17, 15) is 15.8 Å². The van der Waals surface area contributed by atoms with Crippen molar-refractivity contribution in [2.24, 2.45) is 0 Å². The van der Waals surface area contributed by atoms with Crippen LogP contribution in [0.15, 0.2) is 170 Å². The highest BCUT2D eigenvalue weighted by molar-refractivity contribution is 7.20. The lowest BCUT2D eigenvalue weighted by atomic mass is 9.95. The standard InChI is InChI=1S/C45H28N4Si/c46-29-32-20-26-43-40(28-32)39-18-10-11-19-42(39)49(43)35-24-21-33(22-25-35)45-34(30-47)23-27-44(41(45)31-48)50(36-12-4-1-5-13-36,37-14-6-2-7-15-37)38-16-8-3-9-17-38/h1-28H. The van der Waals surface area contributed by atoms with Gasteiger partial charge in [-0.2, -0.15) is 15.8 Å². The van der Waals surface area contributed by atoms with Crippen LogP contribution in [0.1, 0.15) is 16.7 Å². The summed E-state index contributed by atoms with van der Waals surface area (Å²) in [6.07, 6.45) is 0. The molecule has 0 saturated heterocycles. The number of hydrogen-bond acceptors (Lipinski definition) is 3. The molecular formula is C45H28N4Si. The second kappa shape index (κ2) is 12.6. The summed E-state index contributed by atoms with van der Waals surface area (Å²) in [5.41, 5.74) is 6.00. The molecule has 0 amide bonds. The van der Waals surface area contributed by atoms with Gasteiger partial charge in [-0.05, 0) is 68.8 Å². The van der Waals surface area contributed by atoms with Crippen molar-refractivity contribution in [2.45, 2.75) is 0 Å². The average Bonchev–Trinajstić information content (AvgIpc) is 3.53. The van der Waals surface area contributed by atoms with E-state index in [1.54, 1.807) is 0 Å². The lowest BCUT2D eigenvalue weighted by Crippen LogP contribution is -2.75. The Balaban J connectivity index is 1.38. The van der Waals surface area contributed by atoms with Gasteiger partial charge < -0.3 is 4.57 Å². The largest absolute Gasteiger partial charge is 0.309 e. The highest BCUT2D eigenvalue weighted by Gasteiger charge is 2.43. The minimum Gasteiger partial charge on any atom is -0.309 e. The van der Waals surface area contributed by atoms with Gasteiger partial charge in [-0.15, -0.1) is 0 Å². The third-order valence-corrected chi connectivity index (χ3v) is 14.5. The first-order chi connectivity index (χ1) is 24.7. The second-order valence-corrected chi connectivity index (χ2v) is 16.0. The Morgan fingerprint density at radius 3 is 1.58 bits per heavy atom. The predicted molar refractivity (Wildman–Crippen MR) is 204 cm³/mol. The topological polar surface area (TPSA) is 76.3 Å². The van der Waals surface area contributed by atoms with Gasteiger partial charge >= 0.3 is 0 Å². The van der Waals surface area contributed by atoms with Gasteiger partial charge in [-0.3, -0.25) is 0 Å². The minimum absolute atomic E-state index is 0.455. The molecule has 0 aliphatic carbocycles. The van der Waals surface area contributed by atoms with Crippen molar-refractivity contribution in [3.8, 4) is 35.0 Å². The Morgan fingerprint density at radius 2 is 1.02 bits per heavy atom. The van der Waals surface area contributed by atoms with Crippen LogP contribution in [0.2, 0.25) is 0 Å². The average molecular weight is 653 g/mol. The summed E-state index contributed by atoms with van der Waals surface area (Å²) in [6, 6.07) is 64.7. The van der Waals surface area contributed by atoms with Crippen molar-refractivity contribution in [1.29, 1.82) is 15.8 Å². The van der Waals surface area contributed by atoms with E-state index in [0.29, 0.717) is 22.3 Å². The Labute approximate surface area is 291 Å². The molecule has 8 rings (SSSR count). The van der Waals surface area contributed by atoms with Crippen LogP contribution < -0.4 is 20.7 Å². The summed E-state index contributed by atoms with van der Waals surface area (Å²) in [6.45, 7) is 0.